The van der Waals surface area contributed by atoms with Crippen LogP contribution in [0.4, 0.5) is 4.39 Å². The predicted molar refractivity (Wildman–Crippen MR) is 60.7 cm³/mol. The van der Waals surface area contributed by atoms with Crippen LogP contribution in [0.25, 0.3) is 0 Å². The van der Waals surface area contributed by atoms with Crippen molar-refractivity contribution in [1.29, 1.82) is 0 Å². The van der Waals surface area contributed by atoms with Gasteiger partial charge in [-0.25, -0.2) is 4.39 Å². The number of halogens is 1. The van der Waals surface area contributed by atoms with Crippen LogP contribution in [0.3, 0.4) is 0 Å². The molecule has 1 nitrogen and oxygen atoms in total. The molecule has 0 unspecified atom stereocenters. The quantitative estimate of drug-likeness (QED) is 0.511. The monoisotopic (exact) mass is 208 g/mol. The summed E-state index contributed by atoms with van der Waals surface area (Å²) in [5, 5.41) is 0. The molecule has 0 bridgehead atoms. The first-order chi connectivity index (χ1) is 7.27. The summed E-state index contributed by atoms with van der Waals surface area (Å²) in [4.78, 5) is 0. The van der Waals surface area contributed by atoms with Crippen molar-refractivity contribution >= 4 is 0 Å². The Bertz CT molecular complexity index is 320. The molecule has 1 aromatic carbocycles. The summed E-state index contributed by atoms with van der Waals surface area (Å²) < 4.78 is 18.6. The summed E-state index contributed by atoms with van der Waals surface area (Å²) in [7, 11) is 0. The molecule has 0 atom stereocenters. The molecule has 0 N–H and O–H groups in total. The van der Waals surface area contributed by atoms with Gasteiger partial charge in [0.2, 0.25) is 0 Å². The lowest BCUT2D eigenvalue weighted by atomic mass is 10.1. The van der Waals surface area contributed by atoms with Crippen LogP contribution in [0.5, 0.6) is 5.75 Å². The van der Waals surface area contributed by atoms with Crippen molar-refractivity contribution in [1.82, 2.24) is 0 Å². The Morgan fingerprint density at radius 1 is 1.47 bits per heavy atom. The van der Waals surface area contributed by atoms with Crippen LogP contribution in [-0.4, -0.2) is 6.61 Å². The van der Waals surface area contributed by atoms with E-state index in [0.717, 1.165) is 24.8 Å². The summed E-state index contributed by atoms with van der Waals surface area (Å²) >= 11 is 0. The highest BCUT2D eigenvalue weighted by atomic mass is 19.1. The van der Waals surface area contributed by atoms with Crippen molar-refractivity contribution in [2.24, 2.45) is 0 Å². The number of unbranched alkanes of at least 4 members (excludes halogenated alkanes) is 1. The zero-order valence-corrected chi connectivity index (χ0v) is 9.13. The van der Waals surface area contributed by atoms with Crippen molar-refractivity contribution in [3.05, 3.63) is 42.2 Å². The minimum absolute atomic E-state index is 0.293. The predicted octanol–water partition coefficient (Wildman–Crippen LogP) is 3.73. The van der Waals surface area contributed by atoms with Crippen molar-refractivity contribution in [3.63, 3.8) is 0 Å². The van der Waals surface area contributed by atoms with Crippen molar-refractivity contribution in [3.8, 4) is 5.75 Å². The summed E-state index contributed by atoms with van der Waals surface area (Å²) in [6.45, 7) is 6.30. The molecule has 0 heterocycles. The normalized spacial score (nSPS) is 10.0. The highest BCUT2D eigenvalue weighted by Gasteiger charge is 2.03. The molecule has 15 heavy (non-hydrogen) atoms. The maximum Gasteiger partial charge on any atom is 0.165 e. The van der Waals surface area contributed by atoms with E-state index in [9.17, 15) is 4.39 Å². The van der Waals surface area contributed by atoms with Crippen molar-refractivity contribution < 1.29 is 9.13 Å². The van der Waals surface area contributed by atoms with Crippen LogP contribution < -0.4 is 4.74 Å². The summed E-state index contributed by atoms with van der Waals surface area (Å²) in [6.07, 6.45) is 4.53. The van der Waals surface area contributed by atoms with Crippen LogP contribution in [0.15, 0.2) is 30.9 Å². The van der Waals surface area contributed by atoms with Gasteiger partial charge >= 0.3 is 0 Å². The lowest BCUT2D eigenvalue weighted by Gasteiger charge is -2.07. The molecule has 0 aliphatic rings. The first-order valence-corrected chi connectivity index (χ1v) is 5.30. The van der Waals surface area contributed by atoms with Gasteiger partial charge in [0.05, 0.1) is 6.61 Å². The summed E-state index contributed by atoms with van der Waals surface area (Å²) in [5.74, 6) is 0.0571. The third kappa shape index (κ3) is 3.74. The second-order valence-corrected chi connectivity index (χ2v) is 3.46. The fourth-order valence-electron chi connectivity index (χ4n) is 1.28. The molecular weight excluding hydrogens is 191 g/mol. The van der Waals surface area contributed by atoms with Crippen LogP contribution in [0.1, 0.15) is 25.3 Å². The minimum Gasteiger partial charge on any atom is -0.491 e. The molecule has 82 valence electrons. The zero-order valence-electron chi connectivity index (χ0n) is 9.13. The van der Waals surface area contributed by atoms with E-state index in [0.29, 0.717) is 12.4 Å². The largest absolute Gasteiger partial charge is 0.491 e. The zero-order chi connectivity index (χ0) is 11.1. The Morgan fingerprint density at radius 2 is 2.27 bits per heavy atom. The standard InChI is InChI=1S/C13H17FO/c1-3-5-9-15-13-10-11(6-4-2)7-8-12(13)14/h4,7-8,10H,2-3,5-6,9H2,1H3. The molecule has 0 spiro atoms. The van der Waals surface area contributed by atoms with Gasteiger partial charge in [0.15, 0.2) is 11.6 Å². The molecule has 0 saturated heterocycles. The first-order valence-electron chi connectivity index (χ1n) is 5.30. The number of benzene rings is 1. The second kappa shape index (κ2) is 6.23. The first kappa shape index (κ1) is 11.8. The van der Waals surface area contributed by atoms with Gasteiger partial charge in [0.1, 0.15) is 0 Å². The van der Waals surface area contributed by atoms with E-state index in [2.05, 4.69) is 13.5 Å². The van der Waals surface area contributed by atoms with Crippen LogP contribution in [0.2, 0.25) is 0 Å². The molecule has 0 amide bonds. The van der Waals surface area contributed by atoms with E-state index >= 15 is 0 Å². The number of hydrogen-bond acceptors (Lipinski definition) is 1. The van der Waals surface area contributed by atoms with Crippen LogP contribution >= 0.6 is 0 Å². The third-order valence-electron chi connectivity index (χ3n) is 2.13. The Morgan fingerprint density at radius 3 is 2.93 bits per heavy atom. The van der Waals surface area contributed by atoms with E-state index in [1.807, 2.05) is 0 Å². The highest BCUT2D eigenvalue weighted by Crippen LogP contribution is 2.19. The fraction of sp³-hybridized carbons (Fsp3) is 0.385. The van der Waals surface area contributed by atoms with E-state index in [-0.39, 0.29) is 5.82 Å². The van der Waals surface area contributed by atoms with Gasteiger partial charge < -0.3 is 4.74 Å². The molecule has 0 aliphatic carbocycles. The molecule has 1 aromatic rings. The number of rotatable bonds is 6. The third-order valence-corrected chi connectivity index (χ3v) is 2.13. The van der Waals surface area contributed by atoms with Gasteiger partial charge in [-0.05, 0) is 30.5 Å². The van der Waals surface area contributed by atoms with E-state index in [4.69, 9.17) is 4.74 Å². The second-order valence-electron chi connectivity index (χ2n) is 3.46. The maximum absolute atomic E-state index is 13.3. The summed E-state index contributed by atoms with van der Waals surface area (Å²) in [6, 6.07) is 4.94. The van der Waals surface area contributed by atoms with Gasteiger partial charge in [-0.2, -0.15) is 0 Å². The van der Waals surface area contributed by atoms with Crippen molar-refractivity contribution in [2.45, 2.75) is 26.2 Å². The Hall–Kier alpha value is -1.31. The SMILES string of the molecule is C=CCc1ccc(F)c(OCCCC)c1. The van der Waals surface area contributed by atoms with E-state index in [1.165, 1.54) is 6.07 Å². The Labute approximate surface area is 90.6 Å². The molecule has 1 rings (SSSR count). The Balaban J connectivity index is 2.67. The fourth-order valence-corrected chi connectivity index (χ4v) is 1.28. The molecule has 0 saturated carbocycles. The van der Waals surface area contributed by atoms with Gasteiger partial charge in [0.25, 0.3) is 0 Å². The Kier molecular flexibility index (Phi) is 4.88. The smallest absolute Gasteiger partial charge is 0.165 e. The van der Waals surface area contributed by atoms with Gasteiger partial charge in [-0.3, -0.25) is 0 Å². The molecule has 0 aromatic heterocycles. The topological polar surface area (TPSA) is 9.23 Å². The average molecular weight is 208 g/mol. The summed E-state index contributed by atoms with van der Waals surface area (Å²) in [5.41, 5.74) is 1.03. The number of allylic oxidation sites excluding steroid dienone is 1. The number of ether oxygens (including phenoxy) is 1. The molecule has 0 fully saturated rings. The van der Waals surface area contributed by atoms with Gasteiger partial charge in [0, 0.05) is 0 Å². The number of hydrogen-bond donors (Lipinski definition) is 0. The lowest BCUT2D eigenvalue weighted by Crippen LogP contribution is -1.99. The average Bonchev–Trinajstić information content (AvgIpc) is 2.23. The molecule has 0 aliphatic heterocycles. The molecule has 2 heteroatoms. The minimum atomic E-state index is -0.293. The van der Waals surface area contributed by atoms with E-state index < -0.39 is 0 Å². The van der Waals surface area contributed by atoms with Gasteiger partial charge in [-0.1, -0.05) is 25.5 Å². The highest BCUT2D eigenvalue weighted by molar-refractivity contribution is 5.31. The van der Waals surface area contributed by atoms with Gasteiger partial charge in [-0.15, -0.1) is 6.58 Å². The molecular formula is C13H17FO. The van der Waals surface area contributed by atoms with Crippen LogP contribution in [0, 0.1) is 5.82 Å². The van der Waals surface area contributed by atoms with Crippen LogP contribution in [-0.2, 0) is 6.42 Å². The maximum atomic E-state index is 13.3. The molecule has 0 radical (unpaired) electrons. The van der Waals surface area contributed by atoms with E-state index in [1.54, 1.807) is 18.2 Å². The van der Waals surface area contributed by atoms with Crippen molar-refractivity contribution in [2.75, 3.05) is 6.61 Å². The lowest BCUT2D eigenvalue weighted by molar-refractivity contribution is 0.294.